The van der Waals surface area contributed by atoms with Crippen molar-refractivity contribution in [2.24, 2.45) is 5.92 Å². The van der Waals surface area contributed by atoms with Gasteiger partial charge in [0.05, 0.1) is 18.3 Å². The minimum atomic E-state index is -1.18. The van der Waals surface area contributed by atoms with E-state index < -0.39 is 40.3 Å². The molecule has 8 heteroatoms. The van der Waals surface area contributed by atoms with E-state index >= 15 is 0 Å². The van der Waals surface area contributed by atoms with Gasteiger partial charge in [0.2, 0.25) is 0 Å². The lowest BCUT2D eigenvalue weighted by molar-refractivity contribution is 0.0132. The van der Waals surface area contributed by atoms with Gasteiger partial charge in [-0.2, -0.15) is 5.26 Å². The Kier molecular flexibility index (Phi) is 8.12. The van der Waals surface area contributed by atoms with Crippen molar-refractivity contribution in [1.82, 2.24) is 0 Å². The van der Waals surface area contributed by atoms with Gasteiger partial charge in [-0.25, -0.2) is 18.0 Å². The van der Waals surface area contributed by atoms with Crippen LogP contribution in [0.15, 0.2) is 30.3 Å². The summed E-state index contributed by atoms with van der Waals surface area (Å²) in [5.74, 6) is -4.19. The van der Waals surface area contributed by atoms with Crippen LogP contribution in [0.3, 0.4) is 0 Å². The van der Waals surface area contributed by atoms with Crippen molar-refractivity contribution in [3.8, 4) is 17.6 Å². The van der Waals surface area contributed by atoms with Crippen LogP contribution in [0.2, 0.25) is 0 Å². The fraction of sp³-hybridized carbons (Fsp3) is 0.417. The molecule has 2 aromatic carbocycles. The van der Waals surface area contributed by atoms with E-state index in [9.17, 15) is 18.0 Å². The van der Waals surface area contributed by atoms with Crippen LogP contribution >= 0.6 is 0 Å². The van der Waals surface area contributed by atoms with Crippen molar-refractivity contribution in [2.45, 2.75) is 45.1 Å². The van der Waals surface area contributed by atoms with Crippen LogP contribution in [0.4, 0.5) is 13.2 Å². The Morgan fingerprint density at radius 2 is 1.69 bits per heavy atom. The molecule has 1 fully saturated rings. The summed E-state index contributed by atoms with van der Waals surface area (Å²) in [6.45, 7) is 3.29. The molecule has 1 aliphatic carbocycles. The predicted octanol–water partition coefficient (Wildman–Crippen LogP) is 5.56. The van der Waals surface area contributed by atoms with Crippen molar-refractivity contribution >= 4 is 5.97 Å². The maximum absolute atomic E-state index is 14.4. The number of carbonyl (C=O) groups is 1. The van der Waals surface area contributed by atoms with E-state index in [2.05, 4.69) is 6.92 Å². The molecule has 0 bridgehead atoms. The summed E-state index contributed by atoms with van der Waals surface area (Å²) in [5, 5.41) is 8.68. The highest BCUT2D eigenvalue weighted by Crippen LogP contribution is 2.28. The van der Waals surface area contributed by atoms with Gasteiger partial charge in [0, 0.05) is 24.8 Å². The molecular formula is C24H24F3NO4. The largest absolute Gasteiger partial charge is 0.493 e. The number of carbonyl (C=O) groups excluding carboxylic acids is 1. The molecule has 0 saturated heterocycles. The second-order valence-corrected chi connectivity index (χ2v) is 7.73. The van der Waals surface area contributed by atoms with E-state index in [1.807, 2.05) is 0 Å². The normalized spacial score (nSPS) is 18.1. The molecule has 5 nitrogen and oxygen atoms in total. The average molecular weight is 447 g/mol. The Morgan fingerprint density at radius 3 is 2.28 bits per heavy atom. The fourth-order valence-corrected chi connectivity index (χ4v) is 3.59. The molecule has 0 aromatic heterocycles. The zero-order chi connectivity index (χ0) is 23.1. The molecule has 170 valence electrons. The standard InChI is InChI=1S/C24H24F3NO4/c1-2-9-30-16-5-3-15(4-6-16)14-31-17-7-8-19(21(25)10-17)24(29)32-18-11-22(26)20(13-28)23(27)12-18/h7-8,10-12,15-16H,2-6,9,14H2,1H3. The van der Waals surface area contributed by atoms with Gasteiger partial charge in [0.15, 0.2) is 0 Å². The molecule has 1 saturated carbocycles. The number of benzene rings is 2. The Bertz CT molecular complexity index is 974. The predicted molar refractivity (Wildman–Crippen MR) is 110 cm³/mol. The van der Waals surface area contributed by atoms with Crippen LogP contribution in [-0.4, -0.2) is 25.3 Å². The van der Waals surface area contributed by atoms with E-state index in [4.69, 9.17) is 19.5 Å². The Hall–Kier alpha value is -3.05. The maximum Gasteiger partial charge on any atom is 0.346 e. The van der Waals surface area contributed by atoms with Crippen molar-refractivity contribution in [3.05, 3.63) is 58.9 Å². The Morgan fingerprint density at radius 1 is 1.03 bits per heavy atom. The third-order valence-corrected chi connectivity index (χ3v) is 5.34. The first-order valence-corrected chi connectivity index (χ1v) is 10.6. The molecule has 1 aliphatic rings. The number of hydrogen-bond acceptors (Lipinski definition) is 5. The van der Waals surface area contributed by atoms with Crippen LogP contribution in [0.25, 0.3) is 0 Å². The number of nitriles is 1. The minimum Gasteiger partial charge on any atom is -0.493 e. The van der Waals surface area contributed by atoms with Crippen LogP contribution in [-0.2, 0) is 4.74 Å². The van der Waals surface area contributed by atoms with Crippen molar-refractivity contribution < 1.29 is 32.2 Å². The molecule has 0 radical (unpaired) electrons. The Balaban J connectivity index is 1.55. The molecular weight excluding hydrogens is 423 g/mol. The maximum atomic E-state index is 14.4. The lowest BCUT2D eigenvalue weighted by atomic mass is 9.88. The van der Waals surface area contributed by atoms with Gasteiger partial charge in [-0.1, -0.05) is 6.92 Å². The summed E-state index contributed by atoms with van der Waals surface area (Å²) in [4.78, 5) is 12.2. The first-order chi connectivity index (χ1) is 15.4. The number of halogens is 3. The topological polar surface area (TPSA) is 68.6 Å². The lowest BCUT2D eigenvalue weighted by Gasteiger charge is -2.28. The molecule has 0 N–H and O–H groups in total. The van der Waals surface area contributed by atoms with Gasteiger partial charge in [-0.15, -0.1) is 0 Å². The summed E-state index contributed by atoms with van der Waals surface area (Å²) >= 11 is 0. The summed E-state index contributed by atoms with van der Waals surface area (Å²) in [6.07, 6.45) is 5.19. The molecule has 0 heterocycles. The van der Waals surface area contributed by atoms with E-state index in [0.29, 0.717) is 30.8 Å². The first-order valence-electron chi connectivity index (χ1n) is 10.6. The first kappa shape index (κ1) is 23.6. The van der Waals surface area contributed by atoms with Crippen molar-refractivity contribution in [2.75, 3.05) is 13.2 Å². The highest BCUT2D eigenvalue weighted by molar-refractivity contribution is 5.91. The number of ether oxygens (including phenoxy) is 3. The molecule has 0 aliphatic heterocycles. The van der Waals surface area contributed by atoms with Crippen LogP contribution in [0.1, 0.15) is 54.9 Å². The molecule has 0 unspecified atom stereocenters. The summed E-state index contributed by atoms with van der Waals surface area (Å²) in [7, 11) is 0. The smallest absolute Gasteiger partial charge is 0.346 e. The highest BCUT2D eigenvalue weighted by Gasteiger charge is 2.23. The average Bonchev–Trinajstić information content (AvgIpc) is 2.76. The van der Waals surface area contributed by atoms with Crippen LogP contribution in [0, 0.1) is 34.7 Å². The third-order valence-electron chi connectivity index (χ3n) is 5.34. The van der Waals surface area contributed by atoms with Gasteiger partial charge in [0.25, 0.3) is 0 Å². The zero-order valence-corrected chi connectivity index (χ0v) is 17.7. The van der Waals surface area contributed by atoms with Crippen molar-refractivity contribution in [1.29, 1.82) is 5.26 Å². The Labute approximate surface area is 184 Å². The minimum absolute atomic E-state index is 0.277. The summed E-state index contributed by atoms with van der Waals surface area (Å²) in [5.41, 5.74) is -1.20. The van der Waals surface area contributed by atoms with E-state index in [1.54, 1.807) is 0 Å². The molecule has 0 spiro atoms. The fourth-order valence-electron chi connectivity index (χ4n) is 3.59. The van der Waals surface area contributed by atoms with Gasteiger partial charge in [-0.3, -0.25) is 0 Å². The van der Waals surface area contributed by atoms with Gasteiger partial charge in [-0.05, 0) is 50.2 Å². The van der Waals surface area contributed by atoms with Gasteiger partial charge < -0.3 is 14.2 Å². The summed E-state index contributed by atoms with van der Waals surface area (Å²) < 4.78 is 58.1. The highest BCUT2D eigenvalue weighted by atomic mass is 19.1. The molecule has 2 aromatic rings. The quantitative estimate of drug-likeness (QED) is 0.392. The molecule has 0 amide bonds. The van der Waals surface area contributed by atoms with Crippen molar-refractivity contribution in [3.63, 3.8) is 0 Å². The van der Waals surface area contributed by atoms with Gasteiger partial charge >= 0.3 is 5.97 Å². The van der Waals surface area contributed by atoms with E-state index in [0.717, 1.165) is 44.8 Å². The van der Waals surface area contributed by atoms with Crippen LogP contribution in [0.5, 0.6) is 11.5 Å². The van der Waals surface area contributed by atoms with E-state index in [-0.39, 0.29) is 5.75 Å². The number of hydrogen-bond donors (Lipinski definition) is 0. The zero-order valence-electron chi connectivity index (χ0n) is 17.7. The second-order valence-electron chi connectivity index (χ2n) is 7.73. The summed E-state index contributed by atoms with van der Waals surface area (Å²) in [6, 6.07) is 6.46. The SMILES string of the molecule is CCCOC1CCC(COc2ccc(C(=O)Oc3cc(F)c(C#N)c(F)c3)c(F)c2)CC1. The molecule has 3 rings (SSSR count). The number of rotatable bonds is 8. The monoisotopic (exact) mass is 447 g/mol. The molecule has 0 atom stereocenters. The number of esters is 1. The number of nitrogens with zero attached hydrogens (tertiary/aromatic N) is 1. The lowest BCUT2D eigenvalue weighted by Crippen LogP contribution is -2.25. The van der Waals surface area contributed by atoms with Crippen LogP contribution < -0.4 is 9.47 Å². The second kappa shape index (κ2) is 11.0. The molecule has 32 heavy (non-hydrogen) atoms. The third kappa shape index (κ3) is 6.01. The van der Waals surface area contributed by atoms with Gasteiger partial charge in [0.1, 0.15) is 40.6 Å². The van der Waals surface area contributed by atoms with E-state index in [1.165, 1.54) is 18.2 Å².